The summed E-state index contributed by atoms with van der Waals surface area (Å²) in [4.78, 5) is 29.4. The number of hydrogen-bond donors (Lipinski definition) is 1. The minimum absolute atomic E-state index is 0.0896. The van der Waals surface area contributed by atoms with Gasteiger partial charge in [-0.05, 0) is 24.3 Å². The maximum atomic E-state index is 12.7. The molecule has 4 rings (SSSR count). The third-order valence-corrected chi connectivity index (χ3v) is 6.77. The molecule has 0 aliphatic carbocycles. The Kier molecular flexibility index (Phi) is 7.69. The lowest BCUT2D eigenvalue weighted by molar-refractivity contribution is -0.128. The van der Waals surface area contributed by atoms with E-state index in [1.54, 1.807) is 22.8 Å². The lowest BCUT2D eigenvalue weighted by Crippen LogP contribution is -2.49. The van der Waals surface area contributed by atoms with E-state index in [1.807, 2.05) is 36.2 Å². The summed E-state index contributed by atoms with van der Waals surface area (Å²) in [5.74, 6) is 1.25. The average molecular weight is 481 g/mol. The highest BCUT2D eigenvalue weighted by Crippen LogP contribution is 2.20. The van der Waals surface area contributed by atoms with E-state index in [4.69, 9.17) is 4.74 Å². The van der Waals surface area contributed by atoms with Crippen molar-refractivity contribution in [1.29, 1.82) is 0 Å². The van der Waals surface area contributed by atoms with Crippen LogP contribution in [-0.4, -0.2) is 70.5 Å². The van der Waals surface area contributed by atoms with Crippen LogP contribution in [0, 0.1) is 0 Å². The van der Waals surface area contributed by atoms with Crippen LogP contribution in [0.25, 0.3) is 0 Å². The van der Waals surface area contributed by atoms with E-state index in [-0.39, 0.29) is 18.4 Å². The molecule has 3 aromatic rings. The Balaban J connectivity index is 1.26. The maximum Gasteiger partial charge on any atom is 0.255 e. The number of anilines is 1. The van der Waals surface area contributed by atoms with Crippen molar-refractivity contribution in [2.45, 2.75) is 11.7 Å². The topological polar surface area (TPSA) is 92.6 Å². The second-order valence-corrected chi connectivity index (χ2v) is 8.78. The molecule has 1 aliphatic heterocycles. The van der Waals surface area contributed by atoms with Gasteiger partial charge in [-0.3, -0.25) is 9.59 Å². The number of hydrogen-bond acceptors (Lipinski definition) is 7. The summed E-state index contributed by atoms with van der Waals surface area (Å²) in [6.07, 6.45) is 0. The van der Waals surface area contributed by atoms with Crippen LogP contribution >= 0.6 is 11.8 Å². The monoisotopic (exact) mass is 480 g/mol. The lowest BCUT2D eigenvalue weighted by atomic mass is 10.2. The minimum atomic E-state index is -0.250. The van der Waals surface area contributed by atoms with Gasteiger partial charge >= 0.3 is 0 Å². The summed E-state index contributed by atoms with van der Waals surface area (Å²) in [6, 6.07) is 17.3. The molecule has 10 heteroatoms. The first-order valence-electron chi connectivity index (χ1n) is 11.1. The van der Waals surface area contributed by atoms with Gasteiger partial charge < -0.3 is 24.4 Å². The van der Waals surface area contributed by atoms with Gasteiger partial charge in [-0.15, -0.1) is 10.2 Å². The van der Waals surface area contributed by atoms with Crippen LogP contribution in [0.15, 0.2) is 59.8 Å². The molecule has 1 fully saturated rings. The Morgan fingerprint density at radius 3 is 2.44 bits per heavy atom. The smallest absolute Gasteiger partial charge is 0.255 e. The largest absolute Gasteiger partial charge is 0.496 e. The quantitative estimate of drug-likeness (QED) is 0.494. The molecule has 2 amide bonds. The summed E-state index contributed by atoms with van der Waals surface area (Å²) in [6.45, 7) is 3.26. The predicted octanol–water partition coefficient (Wildman–Crippen LogP) is 2.19. The van der Waals surface area contributed by atoms with Gasteiger partial charge in [0.15, 0.2) is 11.0 Å². The molecule has 1 aliphatic rings. The van der Waals surface area contributed by atoms with Gasteiger partial charge in [0.2, 0.25) is 5.91 Å². The number of aromatic nitrogens is 3. The number of para-hydroxylation sites is 2. The Labute approximate surface area is 203 Å². The second-order valence-electron chi connectivity index (χ2n) is 7.83. The number of nitrogens with zero attached hydrogens (tertiary/aromatic N) is 5. The van der Waals surface area contributed by atoms with Gasteiger partial charge in [0.1, 0.15) is 5.75 Å². The van der Waals surface area contributed by atoms with Crippen LogP contribution in [0.2, 0.25) is 0 Å². The summed E-state index contributed by atoms with van der Waals surface area (Å²) >= 11 is 1.36. The highest BCUT2D eigenvalue weighted by molar-refractivity contribution is 7.99. The molecule has 0 saturated carbocycles. The van der Waals surface area contributed by atoms with Crippen LogP contribution in [0.1, 0.15) is 16.2 Å². The van der Waals surface area contributed by atoms with Crippen LogP contribution in [-0.2, 0) is 18.4 Å². The normalized spacial score (nSPS) is 13.6. The number of nitrogens with one attached hydrogen (secondary N) is 1. The third-order valence-electron chi connectivity index (χ3n) is 5.76. The van der Waals surface area contributed by atoms with E-state index in [1.165, 1.54) is 24.6 Å². The Morgan fingerprint density at radius 1 is 1.00 bits per heavy atom. The van der Waals surface area contributed by atoms with E-state index < -0.39 is 0 Å². The summed E-state index contributed by atoms with van der Waals surface area (Å²) in [5, 5.41) is 11.8. The number of rotatable bonds is 8. The van der Waals surface area contributed by atoms with Crippen molar-refractivity contribution in [2.75, 3.05) is 43.9 Å². The standard InChI is InChI=1S/C24H28N6O3S/c1-28-21(16-25-23(32)19-10-6-7-11-20(19)33-2)26-27-24(28)34-17-22(31)30-14-12-29(13-15-30)18-8-4-3-5-9-18/h3-11H,12-17H2,1-2H3,(H,25,32). The van der Waals surface area contributed by atoms with Crippen LogP contribution in [0.4, 0.5) is 5.69 Å². The zero-order chi connectivity index (χ0) is 23.9. The maximum absolute atomic E-state index is 12.7. The number of piperazine rings is 1. The van der Waals surface area contributed by atoms with E-state index >= 15 is 0 Å². The minimum Gasteiger partial charge on any atom is -0.496 e. The molecule has 178 valence electrons. The molecule has 2 heterocycles. The molecule has 1 saturated heterocycles. The number of methoxy groups -OCH3 is 1. The molecule has 34 heavy (non-hydrogen) atoms. The SMILES string of the molecule is COc1ccccc1C(=O)NCc1nnc(SCC(=O)N2CCN(c3ccccc3)CC2)n1C. The second kappa shape index (κ2) is 11.1. The van der Waals surface area contributed by atoms with Crippen LogP contribution in [0.5, 0.6) is 5.75 Å². The average Bonchev–Trinajstić information content (AvgIpc) is 3.25. The van der Waals surface area contributed by atoms with Crippen LogP contribution in [0.3, 0.4) is 0 Å². The number of amides is 2. The number of carbonyl (C=O) groups excluding carboxylic acids is 2. The first-order chi connectivity index (χ1) is 16.6. The van der Waals surface area contributed by atoms with E-state index in [0.717, 1.165) is 13.1 Å². The fourth-order valence-electron chi connectivity index (χ4n) is 3.78. The van der Waals surface area contributed by atoms with Gasteiger partial charge in [0, 0.05) is 38.9 Å². The number of ether oxygens (including phenoxy) is 1. The summed E-state index contributed by atoms with van der Waals surface area (Å²) < 4.78 is 7.04. The first kappa shape index (κ1) is 23.6. The number of benzene rings is 2. The van der Waals surface area contributed by atoms with Gasteiger partial charge in [-0.25, -0.2) is 0 Å². The fourth-order valence-corrected chi connectivity index (χ4v) is 4.61. The van der Waals surface area contributed by atoms with Crippen molar-refractivity contribution in [3.8, 4) is 5.75 Å². The molecule has 1 aromatic heterocycles. The van der Waals surface area contributed by atoms with Crippen molar-refractivity contribution in [1.82, 2.24) is 25.0 Å². The molecule has 2 aromatic carbocycles. The molecule has 0 radical (unpaired) electrons. The molecule has 0 unspecified atom stereocenters. The molecule has 1 N–H and O–H groups in total. The van der Waals surface area contributed by atoms with E-state index in [9.17, 15) is 9.59 Å². The highest BCUT2D eigenvalue weighted by atomic mass is 32.2. The molecule has 0 atom stereocenters. The molecular formula is C24H28N6O3S. The Bertz CT molecular complexity index is 1130. The van der Waals surface area contributed by atoms with Crippen molar-refractivity contribution in [3.05, 3.63) is 66.0 Å². The summed E-state index contributed by atoms with van der Waals surface area (Å²) in [7, 11) is 3.36. The highest BCUT2D eigenvalue weighted by Gasteiger charge is 2.22. The van der Waals surface area contributed by atoms with Crippen molar-refractivity contribution in [3.63, 3.8) is 0 Å². The molecule has 9 nitrogen and oxygen atoms in total. The van der Waals surface area contributed by atoms with Crippen molar-refractivity contribution < 1.29 is 14.3 Å². The van der Waals surface area contributed by atoms with Gasteiger partial charge in [-0.2, -0.15) is 0 Å². The van der Waals surface area contributed by atoms with Gasteiger partial charge in [0.25, 0.3) is 5.91 Å². The van der Waals surface area contributed by atoms with Gasteiger partial charge in [0.05, 0.1) is 25.0 Å². The lowest BCUT2D eigenvalue weighted by Gasteiger charge is -2.36. The zero-order valence-corrected chi connectivity index (χ0v) is 20.1. The zero-order valence-electron chi connectivity index (χ0n) is 19.3. The summed E-state index contributed by atoms with van der Waals surface area (Å²) in [5.41, 5.74) is 1.65. The predicted molar refractivity (Wildman–Crippen MR) is 131 cm³/mol. The van der Waals surface area contributed by atoms with Crippen molar-refractivity contribution >= 4 is 29.3 Å². The van der Waals surface area contributed by atoms with Crippen LogP contribution < -0.4 is 15.0 Å². The van der Waals surface area contributed by atoms with E-state index in [2.05, 4.69) is 32.5 Å². The third kappa shape index (κ3) is 5.51. The molecule has 0 spiro atoms. The number of carbonyl (C=O) groups is 2. The Morgan fingerprint density at radius 2 is 1.71 bits per heavy atom. The molecular weight excluding hydrogens is 452 g/mol. The Hall–Kier alpha value is -3.53. The van der Waals surface area contributed by atoms with E-state index in [0.29, 0.717) is 41.1 Å². The fraction of sp³-hybridized carbons (Fsp3) is 0.333. The van der Waals surface area contributed by atoms with Gasteiger partial charge in [-0.1, -0.05) is 42.1 Å². The first-order valence-corrected chi connectivity index (χ1v) is 12.1. The number of thioether (sulfide) groups is 1. The molecule has 0 bridgehead atoms. The van der Waals surface area contributed by atoms with Crippen molar-refractivity contribution in [2.24, 2.45) is 7.05 Å².